The fourth-order valence-corrected chi connectivity index (χ4v) is 2.81. The lowest BCUT2D eigenvalue weighted by atomic mass is 10.0. The monoisotopic (exact) mass is 366 g/mol. The van der Waals surface area contributed by atoms with Gasteiger partial charge < -0.3 is 9.15 Å². The molecule has 3 aromatic rings. The second-order valence-corrected chi connectivity index (χ2v) is 6.51. The average Bonchev–Trinajstić information content (AvgIpc) is 2.60. The molecule has 0 radical (unpaired) electrons. The molecule has 0 N–H and O–H groups in total. The molecule has 0 saturated heterocycles. The van der Waals surface area contributed by atoms with E-state index in [1.807, 2.05) is 36.1 Å². The normalized spacial score (nSPS) is 10.7. The van der Waals surface area contributed by atoms with E-state index in [4.69, 9.17) is 9.15 Å². The van der Waals surface area contributed by atoms with Crippen LogP contribution >= 0.6 is 0 Å². The molecule has 0 amide bonds. The minimum atomic E-state index is -0.518. The first-order chi connectivity index (χ1) is 12.9. The van der Waals surface area contributed by atoms with E-state index in [1.54, 1.807) is 18.2 Å². The highest BCUT2D eigenvalue weighted by molar-refractivity contribution is 5.87. The first-order valence-electron chi connectivity index (χ1n) is 8.55. The molecule has 27 heavy (non-hydrogen) atoms. The Kier molecular flexibility index (Phi) is 5.45. The molecular weight excluding hydrogens is 346 g/mol. The van der Waals surface area contributed by atoms with Gasteiger partial charge in [-0.1, -0.05) is 12.1 Å². The van der Waals surface area contributed by atoms with Crippen LogP contribution in [-0.4, -0.2) is 11.8 Å². The van der Waals surface area contributed by atoms with Crippen LogP contribution in [0.2, 0.25) is 0 Å². The van der Waals surface area contributed by atoms with Crippen molar-refractivity contribution in [1.82, 2.24) is 0 Å². The summed E-state index contributed by atoms with van der Waals surface area (Å²) >= 11 is 0. The highest BCUT2D eigenvalue weighted by Gasteiger charge is 2.11. The number of benzene rings is 1. The van der Waals surface area contributed by atoms with Gasteiger partial charge in [-0.15, -0.1) is 0 Å². The first-order valence-corrected chi connectivity index (χ1v) is 8.55. The van der Waals surface area contributed by atoms with Gasteiger partial charge >= 0.3 is 11.6 Å². The van der Waals surface area contributed by atoms with Crippen LogP contribution in [0.25, 0.3) is 11.0 Å². The third-order valence-electron chi connectivity index (χ3n) is 4.13. The SMILES string of the molecule is CC(=O)Cc1cc(=O)oc2cc(CC(=O)OCc3cc[n+](C)cc3)ccc12. The predicted octanol–water partition coefficient (Wildman–Crippen LogP) is 2.03. The van der Waals surface area contributed by atoms with E-state index in [-0.39, 0.29) is 31.2 Å². The summed E-state index contributed by atoms with van der Waals surface area (Å²) < 4.78 is 12.4. The second kappa shape index (κ2) is 7.95. The third kappa shape index (κ3) is 4.88. The summed E-state index contributed by atoms with van der Waals surface area (Å²) in [5, 5.41) is 0.694. The number of Topliss-reactive ketones (excluding diaryl/α,β-unsaturated/α-hetero) is 1. The van der Waals surface area contributed by atoms with Gasteiger partial charge in [0.2, 0.25) is 0 Å². The van der Waals surface area contributed by atoms with Gasteiger partial charge in [0.15, 0.2) is 12.4 Å². The zero-order chi connectivity index (χ0) is 19.4. The van der Waals surface area contributed by atoms with Crippen LogP contribution in [0.15, 0.2) is 58.0 Å². The highest BCUT2D eigenvalue weighted by Crippen LogP contribution is 2.20. The van der Waals surface area contributed by atoms with Crippen molar-refractivity contribution >= 4 is 22.7 Å². The Bertz CT molecular complexity index is 1050. The molecule has 0 spiro atoms. The van der Waals surface area contributed by atoms with Crippen LogP contribution in [0.3, 0.4) is 0 Å². The number of hydrogen-bond acceptors (Lipinski definition) is 5. The molecule has 0 aliphatic carbocycles. The average molecular weight is 366 g/mol. The molecule has 138 valence electrons. The zero-order valence-corrected chi connectivity index (χ0v) is 15.2. The molecule has 2 aromatic heterocycles. The number of ether oxygens (including phenoxy) is 1. The summed E-state index contributed by atoms with van der Waals surface area (Å²) in [5.74, 6) is -0.408. The summed E-state index contributed by atoms with van der Waals surface area (Å²) in [7, 11) is 1.91. The number of carbonyl (C=O) groups is 2. The molecule has 6 nitrogen and oxygen atoms in total. The fourth-order valence-electron chi connectivity index (χ4n) is 2.81. The van der Waals surface area contributed by atoms with E-state index in [9.17, 15) is 14.4 Å². The van der Waals surface area contributed by atoms with E-state index < -0.39 is 5.63 Å². The van der Waals surface area contributed by atoms with Gasteiger partial charge in [-0.05, 0) is 24.1 Å². The molecule has 0 aliphatic heterocycles. The highest BCUT2D eigenvalue weighted by atomic mass is 16.5. The number of nitrogens with zero attached hydrogens (tertiary/aromatic N) is 1. The molecule has 0 aliphatic rings. The number of aryl methyl sites for hydroxylation is 1. The van der Waals surface area contributed by atoms with Crippen LogP contribution < -0.4 is 10.2 Å². The topological polar surface area (TPSA) is 77.5 Å². The number of fused-ring (bicyclic) bond motifs is 1. The third-order valence-corrected chi connectivity index (χ3v) is 4.13. The number of carbonyl (C=O) groups excluding carboxylic acids is 2. The van der Waals surface area contributed by atoms with Crippen LogP contribution in [0.5, 0.6) is 0 Å². The minimum Gasteiger partial charge on any atom is -0.461 e. The largest absolute Gasteiger partial charge is 0.461 e. The van der Waals surface area contributed by atoms with Crippen LogP contribution in [0.1, 0.15) is 23.6 Å². The Balaban J connectivity index is 1.73. The number of ketones is 1. The van der Waals surface area contributed by atoms with Gasteiger partial charge in [0.25, 0.3) is 0 Å². The van der Waals surface area contributed by atoms with E-state index in [0.717, 1.165) is 5.56 Å². The van der Waals surface area contributed by atoms with Crippen molar-refractivity contribution in [2.45, 2.75) is 26.4 Å². The van der Waals surface area contributed by atoms with E-state index in [0.29, 0.717) is 22.1 Å². The molecular formula is C21H20NO5+. The Labute approximate surface area is 156 Å². The van der Waals surface area contributed by atoms with Gasteiger partial charge in [-0.25, -0.2) is 9.36 Å². The summed E-state index contributed by atoms with van der Waals surface area (Å²) in [6, 6.07) is 10.3. The van der Waals surface area contributed by atoms with E-state index in [1.165, 1.54) is 13.0 Å². The van der Waals surface area contributed by atoms with Crippen molar-refractivity contribution in [1.29, 1.82) is 0 Å². The molecule has 0 atom stereocenters. The predicted molar refractivity (Wildman–Crippen MR) is 98.0 cm³/mol. The van der Waals surface area contributed by atoms with E-state index >= 15 is 0 Å². The summed E-state index contributed by atoms with van der Waals surface area (Å²) in [5.41, 5.74) is 2.05. The minimum absolute atomic E-state index is 0.0379. The smallest absolute Gasteiger partial charge is 0.336 e. The fraction of sp³-hybridized carbons (Fsp3) is 0.238. The number of esters is 1. The molecule has 3 rings (SSSR count). The molecule has 6 heteroatoms. The van der Waals surface area contributed by atoms with Gasteiger partial charge in [0.1, 0.15) is 25.0 Å². The Morgan fingerprint density at radius 3 is 2.48 bits per heavy atom. The lowest BCUT2D eigenvalue weighted by molar-refractivity contribution is -0.671. The van der Waals surface area contributed by atoms with Crippen molar-refractivity contribution in [3.63, 3.8) is 0 Å². The molecule has 0 bridgehead atoms. The quantitative estimate of drug-likeness (QED) is 0.379. The number of rotatable bonds is 6. The Hall–Kier alpha value is -3.28. The van der Waals surface area contributed by atoms with Crippen LogP contribution in [0.4, 0.5) is 0 Å². The van der Waals surface area contributed by atoms with Gasteiger partial charge in [0.05, 0.1) is 6.42 Å². The van der Waals surface area contributed by atoms with Crippen molar-refractivity contribution in [2.24, 2.45) is 7.05 Å². The lowest BCUT2D eigenvalue weighted by Gasteiger charge is -2.07. The van der Waals surface area contributed by atoms with Gasteiger partial charge in [-0.3, -0.25) is 9.59 Å². The van der Waals surface area contributed by atoms with E-state index in [2.05, 4.69) is 0 Å². The maximum absolute atomic E-state index is 12.1. The second-order valence-electron chi connectivity index (χ2n) is 6.51. The van der Waals surface area contributed by atoms with Crippen LogP contribution in [0, 0.1) is 0 Å². The summed E-state index contributed by atoms with van der Waals surface area (Å²) in [4.78, 5) is 35.2. The first kappa shape index (κ1) is 18.5. The number of aromatic nitrogens is 1. The van der Waals surface area contributed by atoms with Crippen LogP contribution in [-0.2, 0) is 40.8 Å². The molecule has 2 heterocycles. The van der Waals surface area contributed by atoms with Crippen molar-refractivity contribution in [2.75, 3.05) is 0 Å². The molecule has 1 aromatic carbocycles. The van der Waals surface area contributed by atoms with Crippen molar-refractivity contribution in [3.05, 3.63) is 75.9 Å². The molecule has 0 unspecified atom stereocenters. The lowest BCUT2D eigenvalue weighted by Crippen LogP contribution is -2.26. The Morgan fingerprint density at radius 2 is 1.78 bits per heavy atom. The standard InChI is InChI=1S/C21H20NO5/c1-14(23)9-17-12-21(25)27-19-10-16(3-4-18(17)19)11-20(24)26-13-15-5-7-22(2)8-6-15/h3-8,10,12H,9,11,13H2,1-2H3/q+1. The summed E-state index contributed by atoms with van der Waals surface area (Å²) in [6.07, 6.45) is 4.00. The maximum Gasteiger partial charge on any atom is 0.336 e. The summed E-state index contributed by atoms with van der Waals surface area (Å²) in [6.45, 7) is 1.67. The Morgan fingerprint density at radius 1 is 1.04 bits per heavy atom. The molecule has 0 saturated carbocycles. The van der Waals surface area contributed by atoms with Crippen molar-refractivity contribution < 1.29 is 23.3 Å². The maximum atomic E-state index is 12.1. The number of pyridine rings is 1. The van der Waals surface area contributed by atoms with Gasteiger partial charge in [0, 0.05) is 35.6 Å². The van der Waals surface area contributed by atoms with Crippen molar-refractivity contribution in [3.8, 4) is 0 Å². The molecule has 0 fully saturated rings. The van der Waals surface area contributed by atoms with Gasteiger partial charge in [-0.2, -0.15) is 0 Å². The number of hydrogen-bond donors (Lipinski definition) is 0. The zero-order valence-electron chi connectivity index (χ0n) is 15.2.